The number of amides is 2. The van der Waals surface area contributed by atoms with Crippen LogP contribution in [-0.2, 0) is 14.3 Å². The molecule has 0 bridgehead atoms. The van der Waals surface area contributed by atoms with Gasteiger partial charge in [-0.1, -0.05) is 0 Å². The standard InChI is InChI=1S/C16H20F2N2O4/c17-11-1-2-13(12(18)9-11)24-6-3-14(21)20-10-16(15(19)22)4-7-23-8-5-16/h1-2,9H,3-8,10H2,(H2,19,22)(H,20,21). The van der Waals surface area contributed by atoms with Crippen molar-refractivity contribution in [1.29, 1.82) is 0 Å². The number of hydrogen-bond acceptors (Lipinski definition) is 4. The number of carbonyl (C=O) groups excluding carboxylic acids is 2. The van der Waals surface area contributed by atoms with Crippen molar-refractivity contribution in [3.05, 3.63) is 29.8 Å². The lowest BCUT2D eigenvalue weighted by Crippen LogP contribution is -2.49. The van der Waals surface area contributed by atoms with Crippen LogP contribution in [0, 0.1) is 17.0 Å². The van der Waals surface area contributed by atoms with E-state index in [2.05, 4.69) is 5.32 Å². The molecule has 3 N–H and O–H groups in total. The van der Waals surface area contributed by atoms with Crippen LogP contribution in [0.25, 0.3) is 0 Å². The Kier molecular flexibility index (Phi) is 6.08. The first-order chi connectivity index (χ1) is 11.4. The van der Waals surface area contributed by atoms with Crippen LogP contribution in [0.15, 0.2) is 18.2 Å². The van der Waals surface area contributed by atoms with E-state index in [0.717, 1.165) is 12.1 Å². The maximum atomic E-state index is 13.4. The summed E-state index contributed by atoms with van der Waals surface area (Å²) in [6.45, 7) is 0.911. The molecule has 0 spiro atoms. The van der Waals surface area contributed by atoms with Crippen LogP contribution in [0.2, 0.25) is 0 Å². The van der Waals surface area contributed by atoms with E-state index >= 15 is 0 Å². The fourth-order valence-electron chi connectivity index (χ4n) is 2.47. The van der Waals surface area contributed by atoms with Crippen LogP contribution >= 0.6 is 0 Å². The van der Waals surface area contributed by atoms with Gasteiger partial charge in [0.15, 0.2) is 11.6 Å². The van der Waals surface area contributed by atoms with E-state index in [1.54, 1.807) is 0 Å². The molecular formula is C16H20F2N2O4. The molecule has 1 fully saturated rings. The van der Waals surface area contributed by atoms with E-state index in [1.807, 2.05) is 0 Å². The van der Waals surface area contributed by atoms with Crippen LogP contribution in [0.5, 0.6) is 5.75 Å². The molecule has 1 aliphatic heterocycles. The number of nitrogens with one attached hydrogen (secondary N) is 1. The molecule has 0 unspecified atom stereocenters. The molecule has 1 aliphatic rings. The van der Waals surface area contributed by atoms with Gasteiger partial charge in [0, 0.05) is 25.8 Å². The van der Waals surface area contributed by atoms with Crippen molar-refractivity contribution in [2.24, 2.45) is 11.1 Å². The summed E-state index contributed by atoms with van der Waals surface area (Å²) in [5, 5.41) is 2.66. The second kappa shape index (κ2) is 8.05. The van der Waals surface area contributed by atoms with Gasteiger partial charge in [-0.25, -0.2) is 8.78 Å². The molecule has 2 rings (SSSR count). The average molecular weight is 342 g/mol. The van der Waals surface area contributed by atoms with E-state index in [9.17, 15) is 18.4 Å². The maximum absolute atomic E-state index is 13.4. The second-order valence-electron chi connectivity index (χ2n) is 5.71. The Hall–Kier alpha value is -2.22. The highest BCUT2D eigenvalue weighted by Crippen LogP contribution is 2.29. The fraction of sp³-hybridized carbons (Fsp3) is 0.500. The topological polar surface area (TPSA) is 90.7 Å². The summed E-state index contributed by atoms with van der Waals surface area (Å²) in [5.41, 5.74) is 4.66. The van der Waals surface area contributed by atoms with Gasteiger partial charge in [0.2, 0.25) is 11.8 Å². The lowest BCUT2D eigenvalue weighted by Gasteiger charge is -2.34. The fourth-order valence-corrected chi connectivity index (χ4v) is 2.47. The van der Waals surface area contributed by atoms with Gasteiger partial charge >= 0.3 is 0 Å². The van der Waals surface area contributed by atoms with Crippen molar-refractivity contribution >= 4 is 11.8 Å². The Morgan fingerprint density at radius 1 is 1.29 bits per heavy atom. The number of halogens is 2. The molecule has 24 heavy (non-hydrogen) atoms. The molecule has 0 saturated carbocycles. The summed E-state index contributed by atoms with van der Waals surface area (Å²) in [4.78, 5) is 23.5. The molecule has 0 aromatic heterocycles. The third-order valence-electron chi connectivity index (χ3n) is 4.08. The molecule has 132 valence electrons. The number of primary amides is 1. The summed E-state index contributed by atoms with van der Waals surface area (Å²) in [6.07, 6.45) is 0.891. The van der Waals surface area contributed by atoms with Gasteiger partial charge in [-0.2, -0.15) is 0 Å². The minimum absolute atomic E-state index is 0.0256. The van der Waals surface area contributed by atoms with Crippen LogP contribution in [0.3, 0.4) is 0 Å². The molecule has 2 amide bonds. The van der Waals surface area contributed by atoms with Crippen LogP contribution in [-0.4, -0.2) is 38.2 Å². The summed E-state index contributed by atoms with van der Waals surface area (Å²) in [7, 11) is 0. The number of nitrogens with two attached hydrogens (primary N) is 1. The van der Waals surface area contributed by atoms with Crippen molar-refractivity contribution in [3.63, 3.8) is 0 Å². The van der Waals surface area contributed by atoms with E-state index in [-0.39, 0.29) is 31.2 Å². The first kappa shape index (κ1) is 18.1. The zero-order chi connectivity index (χ0) is 17.6. The number of hydrogen-bond donors (Lipinski definition) is 2. The third kappa shape index (κ3) is 4.64. The molecule has 0 atom stereocenters. The van der Waals surface area contributed by atoms with Gasteiger partial charge in [-0.05, 0) is 25.0 Å². The molecule has 1 heterocycles. The van der Waals surface area contributed by atoms with E-state index < -0.39 is 23.0 Å². The van der Waals surface area contributed by atoms with Crippen LogP contribution < -0.4 is 15.8 Å². The monoisotopic (exact) mass is 342 g/mol. The number of ether oxygens (including phenoxy) is 2. The van der Waals surface area contributed by atoms with Gasteiger partial charge in [0.1, 0.15) is 5.82 Å². The van der Waals surface area contributed by atoms with Crippen LogP contribution in [0.4, 0.5) is 8.78 Å². The van der Waals surface area contributed by atoms with Crippen LogP contribution in [0.1, 0.15) is 19.3 Å². The second-order valence-corrected chi connectivity index (χ2v) is 5.71. The van der Waals surface area contributed by atoms with Gasteiger partial charge in [-0.3, -0.25) is 9.59 Å². The van der Waals surface area contributed by atoms with Gasteiger partial charge in [-0.15, -0.1) is 0 Å². The largest absolute Gasteiger partial charge is 0.490 e. The third-order valence-corrected chi connectivity index (χ3v) is 4.08. The van der Waals surface area contributed by atoms with Crippen molar-refractivity contribution < 1.29 is 27.8 Å². The highest BCUT2D eigenvalue weighted by atomic mass is 19.1. The normalized spacial score (nSPS) is 16.4. The quantitative estimate of drug-likeness (QED) is 0.777. The summed E-state index contributed by atoms with van der Waals surface area (Å²) < 4.78 is 36.5. The van der Waals surface area contributed by atoms with Gasteiger partial charge in [0.25, 0.3) is 0 Å². The van der Waals surface area contributed by atoms with E-state index in [0.29, 0.717) is 32.1 Å². The molecule has 0 radical (unpaired) electrons. The smallest absolute Gasteiger partial charge is 0.225 e. The van der Waals surface area contributed by atoms with Gasteiger partial charge < -0.3 is 20.5 Å². The van der Waals surface area contributed by atoms with Crippen molar-refractivity contribution in [1.82, 2.24) is 5.32 Å². The Morgan fingerprint density at radius 3 is 2.62 bits per heavy atom. The number of rotatable bonds is 7. The number of benzene rings is 1. The minimum atomic E-state index is -0.828. The molecule has 1 aromatic carbocycles. The van der Waals surface area contributed by atoms with E-state index in [1.165, 1.54) is 0 Å². The average Bonchev–Trinajstić information content (AvgIpc) is 2.56. The Bertz CT molecular complexity index is 604. The molecule has 1 saturated heterocycles. The van der Waals surface area contributed by atoms with Crippen molar-refractivity contribution in [2.45, 2.75) is 19.3 Å². The van der Waals surface area contributed by atoms with Gasteiger partial charge in [0.05, 0.1) is 18.4 Å². The zero-order valence-corrected chi connectivity index (χ0v) is 13.1. The lowest BCUT2D eigenvalue weighted by molar-refractivity contribution is -0.134. The molecule has 8 heteroatoms. The Balaban J connectivity index is 1.77. The highest BCUT2D eigenvalue weighted by molar-refractivity contribution is 5.83. The lowest BCUT2D eigenvalue weighted by atomic mass is 9.79. The highest BCUT2D eigenvalue weighted by Gasteiger charge is 2.38. The molecule has 1 aromatic rings. The summed E-state index contributed by atoms with van der Waals surface area (Å²) in [5.74, 6) is -2.46. The summed E-state index contributed by atoms with van der Waals surface area (Å²) >= 11 is 0. The molecule has 0 aliphatic carbocycles. The first-order valence-electron chi connectivity index (χ1n) is 7.65. The Labute approximate surface area is 138 Å². The predicted molar refractivity (Wildman–Crippen MR) is 81.2 cm³/mol. The predicted octanol–water partition coefficient (Wildman–Crippen LogP) is 1.13. The molecular weight excluding hydrogens is 322 g/mol. The Morgan fingerprint density at radius 2 is 2.00 bits per heavy atom. The van der Waals surface area contributed by atoms with Crippen molar-refractivity contribution in [2.75, 3.05) is 26.4 Å². The SMILES string of the molecule is NC(=O)C1(CNC(=O)CCOc2ccc(F)cc2F)CCOCC1. The number of carbonyl (C=O) groups is 2. The summed E-state index contributed by atoms with van der Waals surface area (Å²) in [6, 6.07) is 2.93. The zero-order valence-electron chi connectivity index (χ0n) is 13.1. The maximum Gasteiger partial charge on any atom is 0.225 e. The van der Waals surface area contributed by atoms with E-state index in [4.69, 9.17) is 15.2 Å². The molecule has 6 nitrogen and oxygen atoms in total. The van der Waals surface area contributed by atoms with Crippen molar-refractivity contribution in [3.8, 4) is 5.75 Å². The first-order valence-corrected chi connectivity index (χ1v) is 7.65. The minimum Gasteiger partial charge on any atom is -0.490 e.